The van der Waals surface area contributed by atoms with Crippen LogP contribution in [0, 0.1) is 15.5 Å². The van der Waals surface area contributed by atoms with Crippen molar-refractivity contribution in [1.29, 1.82) is 0 Å². The quantitative estimate of drug-likeness (QED) is 0.644. The van der Waals surface area contributed by atoms with Gasteiger partial charge in [-0.05, 0) is 40.2 Å². The SMILES string of the molecule is CCc1ccc(NC(=O)C(C)(C)C(C)(C)N)cc1[N+](=O)[O-]. The van der Waals surface area contributed by atoms with Crippen molar-refractivity contribution in [2.24, 2.45) is 11.1 Å². The highest BCUT2D eigenvalue weighted by Gasteiger charge is 2.40. The summed E-state index contributed by atoms with van der Waals surface area (Å²) in [4.78, 5) is 23.0. The Kier molecular flexibility index (Phi) is 4.73. The van der Waals surface area contributed by atoms with Crippen LogP contribution in [-0.2, 0) is 11.2 Å². The van der Waals surface area contributed by atoms with E-state index in [-0.39, 0.29) is 11.6 Å². The second-order valence-electron chi connectivity index (χ2n) is 6.25. The third-order valence-electron chi connectivity index (χ3n) is 4.10. The van der Waals surface area contributed by atoms with Gasteiger partial charge in [0.2, 0.25) is 5.91 Å². The minimum absolute atomic E-state index is 0.0140. The number of carbonyl (C=O) groups is 1. The summed E-state index contributed by atoms with van der Waals surface area (Å²) in [6.07, 6.45) is 0.561. The van der Waals surface area contributed by atoms with Gasteiger partial charge >= 0.3 is 0 Å². The fourth-order valence-electron chi connectivity index (χ4n) is 1.69. The lowest BCUT2D eigenvalue weighted by molar-refractivity contribution is -0.385. The number of nitro groups is 1. The number of nitro benzene ring substituents is 1. The molecule has 0 fully saturated rings. The van der Waals surface area contributed by atoms with Crippen LogP contribution in [0.25, 0.3) is 0 Å². The van der Waals surface area contributed by atoms with Crippen LogP contribution in [0.4, 0.5) is 11.4 Å². The minimum Gasteiger partial charge on any atom is -0.325 e. The van der Waals surface area contributed by atoms with Gasteiger partial charge in [0, 0.05) is 22.9 Å². The molecule has 21 heavy (non-hydrogen) atoms. The fourth-order valence-corrected chi connectivity index (χ4v) is 1.69. The lowest BCUT2D eigenvalue weighted by Crippen LogP contribution is -2.53. The zero-order chi connectivity index (χ0) is 16.4. The number of aryl methyl sites for hydroxylation is 1. The molecule has 6 nitrogen and oxygen atoms in total. The van der Waals surface area contributed by atoms with Crippen molar-refractivity contribution in [2.75, 3.05) is 5.32 Å². The van der Waals surface area contributed by atoms with E-state index in [0.717, 1.165) is 0 Å². The highest BCUT2D eigenvalue weighted by molar-refractivity contribution is 5.96. The van der Waals surface area contributed by atoms with Crippen LogP contribution in [0.1, 0.15) is 40.2 Å². The third-order valence-corrected chi connectivity index (χ3v) is 4.10. The van der Waals surface area contributed by atoms with Gasteiger partial charge in [-0.2, -0.15) is 0 Å². The number of amides is 1. The minimum atomic E-state index is -0.814. The molecular weight excluding hydrogens is 270 g/mol. The molecule has 0 saturated heterocycles. The molecule has 0 heterocycles. The van der Waals surface area contributed by atoms with Gasteiger partial charge in [-0.15, -0.1) is 0 Å². The first-order valence-electron chi connectivity index (χ1n) is 6.88. The lowest BCUT2D eigenvalue weighted by atomic mass is 9.74. The van der Waals surface area contributed by atoms with Crippen molar-refractivity contribution in [3.8, 4) is 0 Å². The van der Waals surface area contributed by atoms with E-state index in [2.05, 4.69) is 5.32 Å². The van der Waals surface area contributed by atoms with Crippen LogP contribution in [-0.4, -0.2) is 16.4 Å². The average molecular weight is 293 g/mol. The summed E-state index contributed by atoms with van der Waals surface area (Å²) in [6, 6.07) is 4.72. The van der Waals surface area contributed by atoms with Gasteiger partial charge in [0.15, 0.2) is 0 Å². The Balaban J connectivity index is 3.07. The van der Waals surface area contributed by atoms with Gasteiger partial charge in [0.05, 0.1) is 10.3 Å². The number of nitrogens with two attached hydrogens (primary N) is 1. The van der Waals surface area contributed by atoms with Gasteiger partial charge in [0.25, 0.3) is 5.69 Å². The van der Waals surface area contributed by atoms with Crippen LogP contribution in [0.15, 0.2) is 18.2 Å². The zero-order valence-electron chi connectivity index (χ0n) is 13.2. The third kappa shape index (κ3) is 3.58. The highest BCUT2D eigenvalue weighted by atomic mass is 16.6. The molecule has 1 aromatic carbocycles. The number of hydrogen-bond acceptors (Lipinski definition) is 4. The van der Waals surface area contributed by atoms with Crippen molar-refractivity contribution in [2.45, 2.75) is 46.6 Å². The predicted octanol–water partition coefficient (Wildman–Crippen LogP) is 2.86. The Morgan fingerprint density at radius 1 is 1.33 bits per heavy atom. The number of anilines is 1. The second kappa shape index (κ2) is 5.81. The molecule has 116 valence electrons. The second-order valence-corrected chi connectivity index (χ2v) is 6.25. The number of nitrogens with one attached hydrogen (secondary N) is 1. The number of nitrogens with zero attached hydrogens (tertiary/aromatic N) is 1. The smallest absolute Gasteiger partial charge is 0.274 e. The van der Waals surface area contributed by atoms with Gasteiger partial charge < -0.3 is 11.1 Å². The Labute approximate surface area is 124 Å². The molecule has 0 atom stereocenters. The maximum atomic E-state index is 12.4. The number of rotatable bonds is 5. The molecule has 0 radical (unpaired) electrons. The first kappa shape index (κ1) is 17.1. The molecule has 0 aliphatic rings. The normalized spacial score (nSPS) is 12.1. The van der Waals surface area contributed by atoms with E-state index < -0.39 is 15.9 Å². The number of carbonyl (C=O) groups excluding carboxylic acids is 1. The van der Waals surface area contributed by atoms with Crippen LogP contribution < -0.4 is 11.1 Å². The van der Waals surface area contributed by atoms with Crippen molar-refractivity contribution < 1.29 is 9.72 Å². The summed E-state index contributed by atoms with van der Waals surface area (Å²) in [7, 11) is 0. The molecule has 1 rings (SSSR count). The van der Waals surface area contributed by atoms with Crippen LogP contribution in [0.3, 0.4) is 0 Å². The molecule has 0 saturated carbocycles. The Bertz CT molecular complexity index is 560. The number of benzene rings is 1. The summed E-state index contributed by atoms with van der Waals surface area (Å²) in [5.74, 6) is -0.270. The van der Waals surface area contributed by atoms with Crippen molar-refractivity contribution >= 4 is 17.3 Å². The van der Waals surface area contributed by atoms with Crippen LogP contribution in [0.2, 0.25) is 0 Å². The molecule has 0 aliphatic heterocycles. The molecule has 1 amide bonds. The average Bonchev–Trinajstić information content (AvgIpc) is 2.37. The van der Waals surface area contributed by atoms with Gasteiger partial charge in [-0.3, -0.25) is 14.9 Å². The summed E-state index contributed by atoms with van der Waals surface area (Å²) in [5, 5.41) is 13.8. The van der Waals surface area contributed by atoms with E-state index in [9.17, 15) is 14.9 Å². The maximum Gasteiger partial charge on any atom is 0.274 e. The van der Waals surface area contributed by atoms with E-state index in [0.29, 0.717) is 17.7 Å². The Morgan fingerprint density at radius 2 is 1.90 bits per heavy atom. The van der Waals surface area contributed by atoms with Crippen LogP contribution in [0.5, 0.6) is 0 Å². The Hall–Kier alpha value is -1.95. The van der Waals surface area contributed by atoms with Crippen molar-refractivity contribution in [1.82, 2.24) is 0 Å². The van der Waals surface area contributed by atoms with Gasteiger partial charge in [-0.25, -0.2) is 0 Å². The van der Waals surface area contributed by atoms with E-state index in [1.807, 2.05) is 6.92 Å². The van der Waals surface area contributed by atoms with Crippen LogP contribution >= 0.6 is 0 Å². The summed E-state index contributed by atoms with van der Waals surface area (Å²) >= 11 is 0. The largest absolute Gasteiger partial charge is 0.325 e. The number of hydrogen-bond donors (Lipinski definition) is 2. The first-order valence-corrected chi connectivity index (χ1v) is 6.88. The van der Waals surface area contributed by atoms with Gasteiger partial charge in [-0.1, -0.05) is 13.0 Å². The molecular formula is C15H23N3O3. The molecule has 0 bridgehead atoms. The molecule has 3 N–H and O–H groups in total. The topological polar surface area (TPSA) is 98.3 Å². The van der Waals surface area contributed by atoms with E-state index in [1.165, 1.54) is 6.07 Å². The lowest BCUT2D eigenvalue weighted by Gasteiger charge is -2.36. The predicted molar refractivity (Wildman–Crippen MR) is 83.2 cm³/mol. The summed E-state index contributed by atoms with van der Waals surface area (Å²) in [5.41, 5.74) is 5.55. The highest BCUT2D eigenvalue weighted by Crippen LogP contribution is 2.31. The summed E-state index contributed by atoms with van der Waals surface area (Å²) < 4.78 is 0. The molecule has 6 heteroatoms. The van der Waals surface area contributed by atoms with E-state index in [1.54, 1.807) is 39.8 Å². The standard InChI is InChI=1S/C15H23N3O3/c1-6-10-7-8-11(9-12(10)18(20)21)17-13(19)14(2,3)15(4,5)16/h7-9H,6,16H2,1-5H3,(H,17,19). The fraction of sp³-hybridized carbons (Fsp3) is 0.533. The molecule has 0 spiro atoms. The molecule has 0 aliphatic carbocycles. The zero-order valence-corrected chi connectivity index (χ0v) is 13.2. The Morgan fingerprint density at radius 3 is 2.33 bits per heavy atom. The van der Waals surface area contributed by atoms with E-state index in [4.69, 9.17) is 5.73 Å². The van der Waals surface area contributed by atoms with Crippen molar-refractivity contribution in [3.05, 3.63) is 33.9 Å². The van der Waals surface area contributed by atoms with Crippen molar-refractivity contribution in [3.63, 3.8) is 0 Å². The van der Waals surface area contributed by atoms with Gasteiger partial charge in [0.1, 0.15) is 0 Å². The monoisotopic (exact) mass is 293 g/mol. The summed E-state index contributed by atoms with van der Waals surface area (Å²) in [6.45, 7) is 8.89. The van der Waals surface area contributed by atoms with E-state index >= 15 is 0 Å². The first-order chi connectivity index (χ1) is 9.50. The molecule has 0 aromatic heterocycles. The maximum absolute atomic E-state index is 12.4. The molecule has 0 unspecified atom stereocenters. The molecule has 1 aromatic rings.